The van der Waals surface area contributed by atoms with Crippen molar-refractivity contribution in [2.45, 2.75) is 38.7 Å². The quantitative estimate of drug-likeness (QED) is 0.873. The lowest BCUT2D eigenvalue weighted by atomic mass is 9.93. The number of carbonyl (C=O) groups excluding carboxylic acids is 1. The van der Waals surface area contributed by atoms with Gasteiger partial charge in [-0.1, -0.05) is 6.07 Å². The lowest BCUT2D eigenvalue weighted by molar-refractivity contribution is 0.0521. The van der Waals surface area contributed by atoms with E-state index in [9.17, 15) is 9.90 Å². The van der Waals surface area contributed by atoms with Crippen LogP contribution in [0.5, 0.6) is 11.5 Å². The van der Waals surface area contributed by atoms with Crippen LogP contribution in [0.1, 0.15) is 38.7 Å². The number of phenols is 1. The molecule has 0 saturated carbocycles. The summed E-state index contributed by atoms with van der Waals surface area (Å²) in [4.78, 5) is 11.7. The molecule has 1 amide bonds. The smallest absolute Gasteiger partial charge is 0.407 e. The van der Waals surface area contributed by atoms with E-state index in [0.717, 1.165) is 12.0 Å². The molecular formula is C15H21NO4. The van der Waals surface area contributed by atoms with E-state index in [1.54, 1.807) is 12.1 Å². The molecule has 0 aliphatic carbocycles. The molecular weight excluding hydrogens is 258 g/mol. The fourth-order valence-electron chi connectivity index (χ4n) is 2.18. The van der Waals surface area contributed by atoms with Gasteiger partial charge in [0.15, 0.2) is 0 Å². The van der Waals surface area contributed by atoms with Crippen LogP contribution >= 0.6 is 0 Å². The molecule has 0 radical (unpaired) electrons. The SMILES string of the molecule is CC(C)(C)OC(=O)NCC1CCOc2cc(O)ccc21. The van der Waals surface area contributed by atoms with E-state index in [4.69, 9.17) is 9.47 Å². The van der Waals surface area contributed by atoms with E-state index in [1.807, 2.05) is 26.8 Å². The second-order valence-electron chi connectivity index (χ2n) is 5.94. The van der Waals surface area contributed by atoms with Crippen LogP contribution in [0.4, 0.5) is 4.79 Å². The molecule has 2 N–H and O–H groups in total. The highest BCUT2D eigenvalue weighted by molar-refractivity contribution is 5.67. The van der Waals surface area contributed by atoms with Crippen molar-refractivity contribution in [3.63, 3.8) is 0 Å². The molecule has 0 fully saturated rings. The Hall–Kier alpha value is -1.91. The van der Waals surface area contributed by atoms with Gasteiger partial charge in [-0.15, -0.1) is 0 Å². The van der Waals surface area contributed by atoms with Crippen molar-refractivity contribution in [1.82, 2.24) is 5.32 Å². The number of carbonyl (C=O) groups is 1. The van der Waals surface area contributed by atoms with Crippen LogP contribution in [0, 0.1) is 0 Å². The monoisotopic (exact) mass is 279 g/mol. The molecule has 2 rings (SSSR count). The first-order chi connectivity index (χ1) is 9.35. The Morgan fingerprint density at radius 1 is 1.50 bits per heavy atom. The molecule has 1 atom stereocenters. The molecule has 1 aromatic rings. The predicted molar refractivity (Wildman–Crippen MR) is 75.2 cm³/mol. The molecule has 1 heterocycles. The molecule has 5 heteroatoms. The van der Waals surface area contributed by atoms with Gasteiger partial charge in [0.25, 0.3) is 0 Å². The zero-order chi connectivity index (χ0) is 14.8. The summed E-state index contributed by atoms with van der Waals surface area (Å²) in [6.07, 6.45) is 0.414. The molecule has 1 aliphatic rings. The highest BCUT2D eigenvalue weighted by Gasteiger charge is 2.23. The van der Waals surface area contributed by atoms with Crippen molar-refractivity contribution in [2.75, 3.05) is 13.2 Å². The number of alkyl carbamates (subject to hydrolysis) is 1. The predicted octanol–water partition coefficient (Wildman–Crippen LogP) is 2.78. The molecule has 110 valence electrons. The molecule has 1 aliphatic heterocycles. The van der Waals surface area contributed by atoms with Crippen LogP contribution in [0.25, 0.3) is 0 Å². The van der Waals surface area contributed by atoms with Crippen LogP contribution in [0.3, 0.4) is 0 Å². The second-order valence-corrected chi connectivity index (χ2v) is 5.94. The van der Waals surface area contributed by atoms with Crippen molar-refractivity contribution in [1.29, 1.82) is 0 Å². The van der Waals surface area contributed by atoms with E-state index < -0.39 is 11.7 Å². The van der Waals surface area contributed by atoms with E-state index in [2.05, 4.69) is 5.32 Å². The van der Waals surface area contributed by atoms with Crippen LogP contribution < -0.4 is 10.1 Å². The molecule has 0 saturated heterocycles. The number of hydrogen-bond acceptors (Lipinski definition) is 4. The maximum Gasteiger partial charge on any atom is 0.407 e. The molecule has 0 bridgehead atoms. The first-order valence-corrected chi connectivity index (χ1v) is 6.78. The normalized spacial score (nSPS) is 17.9. The largest absolute Gasteiger partial charge is 0.508 e. The van der Waals surface area contributed by atoms with E-state index in [1.165, 1.54) is 0 Å². The maximum atomic E-state index is 11.7. The third-order valence-corrected chi connectivity index (χ3v) is 3.05. The number of amides is 1. The maximum absolute atomic E-state index is 11.7. The number of hydrogen-bond donors (Lipinski definition) is 2. The van der Waals surface area contributed by atoms with Crippen LogP contribution in [0.2, 0.25) is 0 Å². The third kappa shape index (κ3) is 3.79. The number of nitrogens with one attached hydrogen (secondary N) is 1. The third-order valence-electron chi connectivity index (χ3n) is 3.05. The van der Waals surface area contributed by atoms with Crippen LogP contribution in [-0.2, 0) is 4.74 Å². The minimum absolute atomic E-state index is 0.173. The van der Waals surface area contributed by atoms with Gasteiger partial charge < -0.3 is 19.9 Å². The Balaban J connectivity index is 1.97. The fourth-order valence-corrected chi connectivity index (χ4v) is 2.18. The van der Waals surface area contributed by atoms with Gasteiger partial charge in [0.05, 0.1) is 6.61 Å². The fraction of sp³-hybridized carbons (Fsp3) is 0.533. The van der Waals surface area contributed by atoms with Gasteiger partial charge in [-0.25, -0.2) is 4.79 Å². The summed E-state index contributed by atoms with van der Waals surface area (Å²) < 4.78 is 10.7. The highest BCUT2D eigenvalue weighted by Crippen LogP contribution is 2.35. The summed E-state index contributed by atoms with van der Waals surface area (Å²) in [5.41, 5.74) is 0.508. The molecule has 1 aromatic carbocycles. The van der Waals surface area contributed by atoms with Gasteiger partial charge in [-0.05, 0) is 38.8 Å². The number of ether oxygens (including phenoxy) is 2. The Morgan fingerprint density at radius 2 is 2.25 bits per heavy atom. The first kappa shape index (κ1) is 14.5. The van der Waals surface area contributed by atoms with Crippen molar-refractivity contribution >= 4 is 6.09 Å². The summed E-state index contributed by atoms with van der Waals surface area (Å²) in [7, 11) is 0. The van der Waals surface area contributed by atoms with E-state index in [-0.39, 0.29) is 11.7 Å². The number of aromatic hydroxyl groups is 1. The van der Waals surface area contributed by atoms with Crippen LogP contribution in [0.15, 0.2) is 18.2 Å². The summed E-state index contributed by atoms with van der Waals surface area (Å²) in [6, 6.07) is 5.08. The zero-order valence-corrected chi connectivity index (χ0v) is 12.1. The van der Waals surface area contributed by atoms with Gasteiger partial charge in [0.1, 0.15) is 17.1 Å². The Kier molecular flexibility index (Phi) is 4.06. The molecule has 20 heavy (non-hydrogen) atoms. The number of phenolic OH excluding ortho intramolecular Hbond substituents is 1. The van der Waals surface area contributed by atoms with E-state index >= 15 is 0 Å². The van der Waals surface area contributed by atoms with Crippen molar-refractivity contribution in [3.05, 3.63) is 23.8 Å². The van der Waals surface area contributed by atoms with E-state index in [0.29, 0.717) is 18.9 Å². The Morgan fingerprint density at radius 3 is 2.95 bits per heavy atom. The van der Waals surface area contributed by atoms with Crippen molar-refractivity contribution < 1.29 is 19.4 Å². The number of benzene rings is 1. The average molecular weight is 279 g/mol. The van der Waals surface area contributed by atoms with Crippen molar-refractivity contribution in [3.8, 4) is 11.5 Å². The van der Waals surface area contributed by atoms with Gasteiger partial charge >= 0.3 is 6.09 Å². The van der Waals surface area contributed by atoms with Crippen molar-refractivity contribution in [2.24, 2.45) is 0 Å². The Bertz CT molecular complexity index is 493. The Labute approximate surface area is 118 Å². The van der Waals surface area contributed by atoms with Gasteiger partial charge in [0.2, 0.25) is 0 Å². The minimum Gasteiger partial charge on any atom is -0.508 e. The second kappa shape index (κ2) is 5.61. The summed E-state index contributed by atoms with van der Waals surface area (Å²) in [5.74, 6) is 1.05. The minimum atomic E-state index is -0.497. The van der Waals surface area contributed by atoms with Gasteiger partial charge in [-0.2, -0.15) is 0 Å². The number of rotatable bonds is 2. The zero-order valence-electron chi connectivity index (χ0n) is 12.1. The lowest BCUT2D eigenvalue weighted by Crippen LogP contribution is -2.35. The van der Waals surface area contributed by atoms with Gasteiger partial charge in [-0.3, -0.25) is 0 Å². The summed E-state index contributed by atoms with van der Waals surface area (Å²) in [5, 5.41) is 12.2. The number of fused-ring (bicyclic) bond motifs is 1. The molecule has 0 aromatic heterocycles. The standard InChI is InChI=1S/C15H21NO4/c1-15(2,3)20-14(18)16-9-10-6-7-19-13-8-11(17)4-5-12(10)13/h4-5,8,10,17H,6-7,9H2,1-3H3,(H,16,18). The highest BCUT2D eigenvalue weighted by atomic mass is 16.6. The van der Waals surface area contributed by atoms with Crippen LogP contribution in [-0.4, -0.2) is 30.0 Å². The first-order valence-electron chi connectivity index (χ1n) is 6.78. The molecule has 0 spiro atoms. The topological polar surface area (TPSA) is 67.8 Å². The molecule has 5 nitrogen and oxygen atoms in total. The average Bonchev–Trinajstić information content (AvgIpc) is 2.33. The molecule has 1 unspecified atom stereocenters. The summed E-state index contributed by atoms with van der Waals surface area (Å²) in [6.45, 7) is 6.57. The summed E-state index contributed by atoms with van der Waals surface area (Å²) >= 11 is 0. The van der Waals surface area contributed by atoms with Gasteiger partial charge in [0, 0.05) is 18.5 Å². The lowest BCUT2D eigenvalue weighted by Gasteiger charge is -2.27.